The summed E-state index contributed by atoms with van der Waals surface area (Å²) in [6.07, 6.45) is 43.2. The van der Waals surface area contributed by atoms with Crippen molar-refractivity contribution in [3.05, 3.63) is 85.1 Å². The molecule has 7 atom stereocenters. The van der Waals surface area contributed by atoms with Crippen molar-refractivity contribution in [2.24, 2.45) is 0 Å². The first kappa shape index (κ1) is 51.4. The van der Waals surface area contributed by atoms with Crippen molar-refractivity contribution in [3.63, 3.8) is 0 Å². The molecule has 0 saturated carbocycles. The molecule has 1 amide bonds. The van der Waals surface area contributed by atoms with Gasteiger partial charge in [-0.15, -0.1) is 0 Å². The van der Waals surface area contributed by atoms with Gasteiger partial charge in [-0.3, -0.25) is 4.79 Å². The fraction of sp³-hybridized carbons (Fsp3) is 0.681. The fourth-order valence-corrected chi connectivity index (χ4v) is 6.26. The van der Waals surface area contributed by atoms with Gasteiger partial charge >= 0.3 is 0 Å². The smallest absolute Gasteiger partial charge is 0.220 e. The summed E-state index contributed by atoms with van der Waals surface area (Å²) in [6.45, 7) is 3.63. The van der Waals surface area contributed by atoms with Crippen LogP contribution in [0.25, 0.3) is 0 Å². The van der Waals surface area contributed by atoms with Crippen LogP contribution in [0, 0.1) is 0 Å². The van der Waals surface area contributed by atoms with Crippen LogP contribution in [-0.4, -0.2) is 87.5 Å². The zero-order valence-corrected chi connectivity index (χ0v) is 34.8. The third-order valence-corrected chi connectivity index (χ3v) is 9.76. The monoisotopic (exact) mass is 786 g/mol. The molecule has 1 heterocycles. The summed E-state index contributed by atoms with van der Waals surface area (Å²) >= 11 is 0. The largest absolute Gasteiger partial charge is 0.394 e. The van der Waals surface area contributed by atoms with Crippen LogP contribution in [0.5, 0.6) is 0 Å². The van der Waals surface area contributed by atoms with Crippen LogP contribution in [-0.2, 0) is 14.3 Å². The van der Waals surface area contributed by atoms with Gasteiger partial charge in [0, 0.05) is 6.42 Å². The first-order chi connectivity index (χ1) is 27.3. The molecule has 1 rings (SSSR count). The maximum atomic E-state index is 12.9. The van der Waals surface area contributed by atoms with E-state index in [1.54, 1.807) is 0 Å². The molecule has 9 heteroatoms. The molecule has 7 unspecified atom stereocenters. The van der Waals surface area contributed by atoms with Crippen LogP contribution in [0.3, 0.4) is 0 Å². The zero-order valence-electron chi connectivity index (χ0n) is 34.8. The van der Waals surface area contributed by atoms with Gasteiger partial charge in [0.2, 0.25) is 5.91 Å². The van der Waals surface area contributed by atoms with E-state index in [1.165, 1.54) is 32.1 Å². The number of carbonyl (C=O) groups is 1. The lowest BCUT2D eigenvalue weighted by molar-refractivity contribution is -0.302. The maximum Gasteiger partial charge on any atom is 0.220 e. The van der Waals surface area contributed by atoms with Crippen LogP contribution < -0.4 is 5.32 Å². The lowest BCUT2D eigenvalue weighted by Crippen LogP contribution is -2.60. The lowest BCUT2D eigenvalue weighted by atomic mass is 9.99. The zero-order chi connectivity index (χ0) is 40.9. The van der Waals surface area contributed by atoms with Gasteiger partial charge in [-0.25, -0.2) is 0 Å². The molecule has 0 radical (unpaired) electrons. The first-order valence-corrected chi connectivity index (χ1v) is 21.8. The van der Waals surface area contributed by atoms with Crippen molar-refractivity contribution in [3.8, 4) is 0 Å². The van der Waals surface area contributed by atoms with Crippen molar-refractivity contribution < 1.29 is 39.8 Å². The molecule has 0 aromatic heterocycles. The summed E-state index contributed by atoms with van der Waals surface area (Å²) < 4.78 is 11.2. The Morgan fingerprint density at radius 3 is 1.62 bits per heavy atom. The summed E-state index contributed by atoms with van der Waals surface area (Å²) in [4.78, 5) is 12.9. The highest BCUT2D eigenvalue weighted by Gasteiger charge is 2.44. The minimum atomic E-state index is -1.56. The van der Waals surface area contributed by atoms with E-state index in [4.69, 9.17) is 9.47 Å². The highest BCUT2D eigenvalue weighted by atomic mass is 16.7. The Morgan fingerprint density at radius 2 is 1.11 bits per heavy atom. The van der Waals surface area contributed by atoms with Gasteiger partial charge in [0.05, 0.1) is 25.4 Å². The van der Waals surface area contributed by atoms with Gasteiger partial charge in [-0.05, 0) is 70.6 Å². The summed E-state index contributed by atoms with van der Waals surface area (Å²) in [5, 5.41) is 54.0. The summed E-state index contributed by atoms with van der Waals surface area (Å²) in [5.41, 5.74) is 0. The Bertz CT molecular complexity index is 1140. The number of aliphatic hydroxyl groups is 5. The summed E-state index contributed by atoms with van der Waals surface area (Å²) in [5.74, 6) is -0.185. The average molecular weight is 786 g/mol. The van der Waals surface area contributed by atoms with E-state index in [0.29, 0.717) is 12.8 Å². The number of allylic oxidation sites excluding steroid dienone is 14. The molecule has 0 spiro atoms. The number of unbranched alkanes of at least 4 members (excludes halogenated alkanes) is 10. The molecule has 320 valence electrons. The fourth-order valence-electron chi connectivity index (χ4n) is 6.26. The van der Waals surface area contributed by atoms with Crippen molar-refractivity contribution in [1.29, 1.82) is 0 Å². The molecular formula is C47H79NO8. The third-order valence-electron chi connectivity index (χ3n) is 9.76. The molecule has 1 fully saturated rings. The minimum Gasteiger partial charge on any atom is -0.394 e. The number of carbonyl (C=O) groups excluding carboxylic acids is 1. The molecule has 0 bridgehead atoms. The van der Waals surface area contributed by atoms with Gasteiger partial charge in [-0.1, -0.05) is 157 Å². The second kappa shape index (κ2) is 36.7. The van der Waals surface area contributed by atoms with Gasteiger partial charge in [0.25, 0.3) is 0 Å². The van der Waals surface area contributed by atoms with E-state index in [2.05, 4.69) is 104 Å². The Kier molecular flexibility index (Phi) is 33.7. The van der Waals surface area contributed by atoms with Gasteiger partial charge < -0.3 is 40.3 Å². The second-order valence-electron chi connectivity index (χ2n) is 14.8. The predicted molar refractivity (Wildman–Crippen MR) is 230 cm³/mol. The average Bonchev–Trinajstić information content (AvgIpc) is 3.20. The van der Waals surface area contributed by atoms with Crippen molar-refractivity contribution in [1.82, 2.24) is 5.32 Å². The molecule has 1 saturated heterocycles. The normalized spacial score (nSPS) is 22.0. The van der Waals surface area contributed by atoms with Crippen LogP contribution in [0.4, 0.5) is 0 Å². The Hall–Kier alpha value is -2.63. The van der Waals surface area contributed by atoms with E-state index in [0.717, 1.165) is 89.9 Å². The third kappa shape index (κ3) is 27.1. The molecular weight excluding hydrogens is 707 g/mol. The summed E-state index contributed by atoms with van der Waals surface area (Å²) in [6, 6.07) is -0.739. The number of ether oxygens (including phenoxy) is 2. The minimum absolute atomic E-state index is 0.159. The van der Waals surface area contributed by atoms with Crippen LogP contribution >= 0.6 is 0 Å². The lowest BCUT2D eigenvalue weighted by Gasteiger charge is -2.40. The molecule has 0 aliphatic carbocycles. The predicted octanol–water partition coefficient (Wildman–Crippen LogP) is 8.77. The molecule has 0 aromatic carbocycles. The van der Waals surface area contributed by atoms with Gasteiger partial charge in [-0.2, -0.15) is 0 Å². The molecule has 1 aliphatic rings. The summed E-state index contributed by atoms with van der Waals surface area (Å²) in [7, 11) is 0. The molecule has 9 nitrogen and oxygen atoms in total. The second-order valence-corrected chi connectivity index (χ2v) is 14.8. The number of nitrogens with one attached hydrogen (secondary N) is 1. The van der Waals surface area contributed by atoms with E-state index < -0.39 is 49.5 Å². The number of hydrogen-bond acceptors (Lipinski definition) is 8. The SMILES string of the molecule is CC/C=C\C/C=C\C/C=C\C/C=C\C/C=C\C/C=C\C/C=C\CCCCCC(=O)NC(COC1OC(CO)C(O)C(O)C1O)C(O)CCCCCCCCCC. The highest BCUT2D eigenvalue weighted by Crippen LogP contribution is 2.23. The van der Waals surface area contributed by atoms with Crippen LogP contribution in [0.2, 0.25) is 0 Å². The molecule has 6 N–H and O–H groups in total. The molecule has 0 aromatic rings. The van der Waals surface area contributed by atoms with Crippen molar-refractivity contribution in [2.75, 3.05) is 13.2 Å². The Morgan fingerprint density at radius 1 is 0.625 bits per heavy atom. The van der Waals surface area contributed by atoms with Crippen LogP contribution in [0.15, 0.2) is 85.1 Å². The number of amides is 1. The van der Waals surface area contributed by atoms with E-state index >= 15 is 0 Å². The molecule has 56 heavy (non-hydrogen) atoms. The van der Waals surface area contributed by atoms with E-state index in [-0.39, 0.29) is 12.5 Å². The Labute approximate surface area is 340 Å². The topological polar surface area (TPSA) is 149 Å². The van der Waals surface area contributed by atoms with Gasteiger partial charge in [0.1, 0.15) is 24.4 Å². The van der Waals surface area contributed by atoms with E-state index in [1.807, 2.05) is 0 Å². The van der Waals surface area contributed by atoms with Gasteiger partial charge in [0.15, 0.2) is 6.29 Å². The van der Waals surface area contributed by atoms with Crippen LogP contribution in [0.1, 0.15) is 149 Å². The standard InChI is InChI=1S/C47H79NO8/c1-3-5-7-9-11-13-14-15-16-17-18-19-20-21-22-23-24-25-26-27-28-29-31-33-35-37-43(51)48-40(41(50)36-34-32-30-12-10-8-6-4-2)39-55-47-46(54)45(53)44(52)42(38-49)56-47/h5,7,11,13,15-16,18-19,21-22,24-25,27-28,40-42,44-47,49-50,52-54H,3-4,6,8-10,12,14,17,20,23,26,29-39H2,1-2H3,(H,48,51)/b7-5-,13-11-,16-15-,19-18-,22-21-,25-24-,28-27-. The molecule has 1 aliphatic heterocycles. The van der Waals surface area contributed by atoms with E-state index in [9.17, 15) is 30.3 Å². The first-order valence-electron chi connectivity index (χ1n) is 21.8. The van der Waals surface area contributed by atoms with Crippen molar-refractivity contribution >= 4 is 5.91 Å². The number of hydrogen-bond donors (Lipinski definition) is 6. The number of aliphatic hydroxyl groups excluding tert-OH is 5. The quantitative estimate of drug-likeness (QED) is 0.0280. The van der Waals surface area contributed by atoms with Crippen molar-refractivity contribution in [2.45, 2.75) is 192 Å². The number of rotatable bonds is 34. The Balaban J connectivity index is 2.31. The highest BCUT2D eigenvalue weighted by molar-refractivity contribution is 5.76. The maximum absolute atomic E-state index is 12.9.